The fourth-order valence-electron chi connectivity index (χ4n) is 7.54. The lowest BCUT2D eigenvalue weighted by atomic mass is 9.96. The smallest absolute Gasteiger partial charge is 0.140 e. The van der Waals surface area contributed by atoms with Gasteiger partial charge in [0.05, 0.1) is 0 Å². The molecule has 0 N–H and O–H groups in total. The summed E-state index contributed by atoms with van der Waals surface area (Å²) in [6.45, 7) is 11.7. The number of hydrogen-bond donors (Lipinski definition) is 0. The molecule has 0 fully saturated rings. The molecule has 0 bridgehead atoms. The number of rotatable bonds is 21. The van der Waals surface area contributed by atoms with Crippen LogP contribution in [0.2, 0.25) is 6.04 Å². The molecule has 1 aliphatic heterocycles. The van der Waals surface area contributed by atoms with Crippen LogP contribution in [-0.2, 0) is 6.42 Å². The van der Waals surface area contributed by atoms with Crippen LogP contribution in [-0.4, -0.2) is 8.07 Å². The Morgan fingerprint density at radius 1 is 0.571 bits per heavy atom. The van der Waals surface area contributed by atoms with Crippen molar-refractivity contribution >= 4 is 46.3 Å². The maximum Gasteiger partial charge on any atom is 0.152 e. The third kappa shape index (κ3) is 8.51. The summed E-state index contributed by atoms with van der Waals surface area (Å²) in [7, 11) is -2.07. The minimum atomic E-state index is -2.07. The summed E-state index contributed by atoms with van der Waals surface area (Å²) in [5, 5.41) is 5.22. The van der Waals surface area contributed by atoms with Gasteiger partial charge in [0.2, 0.25) is 0 Å². The van der Waals surface area contributed by atoms with E-state index in [9.17, 15) is 0 Å². The van der Waals surface area contributed by atoms with Gasteiger partial charge in [-0.15, -0.1) is 22.7 Å². The Labute approximate surface area is 268 Å². The third-order valence-electron chi connectivity index (χ3n) is 9.88. The topological polar surface area (TPSA) is 0 Å². The molecule has 4 rings (SSSR count). The van der Waals surface area contributed by atoms with E-state index >= 15 is 0 Å². The van der Waals surface area contributed by atoms with Gasteiger partial charge in [-0.2, -0.15) is 0 Å². The van der Waals surface area contributed by atoms with E-state index in [1.165, 1.54) is 131 Å². The van der Waals surface area contributed by atoms with E-state index in [4.69, 9.17) is 0 Å². The fraction of sp³-hybridized carbons (Fsp3) is 0.641. The molecular formula is C39H60S2Si. The van der Waals surface area contributed by atoms with E-state index in [-0.39, 0.29) is 0 Å². The molecule has 0 radical (unpaired) electrons. The SMILES string of the molecule is CCCCCCCCC(CCCCCC)C[Si]1(c2ccc(CCCCCCC)cc2)c2cc(C)sc2-c2sc(C)cc21. The standard InChI is InChI=1S/C39H60S2Si/c1-6-9-12-15-17-20-23-34(22-18-14-11-8-3)30-42(35-26-24-33(25-27-35)21-19-16-13-10-7-2)36-28-31(4)40-38(36)39-37(42)29-32(5)41-39/h24-29,34H,6-23,30H2,1-5H3. The monoisotopic (exact) mass is 620 g/mol. The largest absolute Gasteiger partial charge is 0.152 e. The van der Waals surface area contributed by atoms with Crippen LogP contribution >= 0.6 is 22.7 Å². The van der Waals surface area contributed by atoms with Crippen LogP contribution in [0.3, 0.4) is 0 Å². The fourth-order valence-corrected chi connectivity index (χ4v) is 16.8. The summed E-state index contributed by atoms with van der Waals surface area (Å²) in [5.74, 6) is 0.845. The predicted octanol–water partition coefficient (Wildman–Crippen LogP) is 11.7. The van der Waals surface area contributed by atoms with Gasteiger partial charge in [-0.1, -0.05) is 148 Å². The lowest BCUT2D eigenvalue weighted by Crippen LogP contribution is -2.65. The van der Waals surface area contributed by atoms with Gasteiger partial charge in [0.1, 0.15) is 0 Å². The van der Waals surface area contributed by atoms with E-state index < -0.39 is 8.07 Å². The van der Waals surface area contributed by atoms with Gasteiger partial charge in [-0.05, 0) is 71.9 Å². The number of thiophene rings is 2. The number of unbranched alkanes of at least 4 members (excludes halogenated alkanes) is 12. The van der Waals surface area contributed by atoms with E-state index in [1.54, 1.807) is 30.9 Å². The molecule has 232 valence electrons. The van der Waals surface area contributed by atoms with Crippen molar-refractivity contribution < 1.29 is 0 Å². The molecule has 1 unspecified atom stereocenters. The highest BCUT2D eigenvalue weighted by molar-refractivity contribution is 7.31. The maximum atomic E-state index is 2.63. The van der Waals surface area contributed by atoms with Gasteiger partial charge < -0.3 is 0 Å². The van der Waals surface area contributed by atoms with Crippen LogP contribution in [0.5, 0.6) is 0 Å². The van der Waals surface area contributed by atoms with Crippen molar-refractivity contribution in [2.75, 3.05) is 0 Å². The van der Waals surface area contributed by atoms with Crippen molar-refractivity contribution in [1.82, 2.24) is 0 Å². The van der Waals surface area contributed by atoms with Crippen LogP contribution in [0.25, 0.3) is 9.75 Å². The summed E-state index contributed by atoms with van der Waals surface area (Å²) in [4.78, 5) is 6.29. The normalized spacial score (nSPS) is 14.3. The van der Waals surface area contributed by atoms with Crippen LogP contribution < -0.4 is 15.6 Å². The van der Waals surface area contributed by atoms with Crippen LogP contribution in [0.15, 0.2) is 36.4 Å². The Kier molecular flexibility index (Phi) is 13.9. The summed E-state index contributed by atoms with van der Waals surface area (Å²) in [6.07, 6.45) is 24.9. The molecule has 0 saturated carbocycles. The second kappa shape index (κ2) is 17.4. The van der Waals surface area contributed by atoms with Gasteiger partial charge in [0.15, 0.2) is 8.07 Å². The summed E-state index contributed by atoms with van der Waals surface area (Å²) in [5.41, 5.74) is 1.55. The Hall–Kier alpha value is -1.16. The van der Waals surface area contributed by atoms with Crippen molar-refractivity contribution in [3.05, 3.63) is 51.7 Å². The van der Waals surface area contributed by atoms with Gasteiger partial charge in [-0.3, -0.25) is 0 Å². The number of hydrogen-bond acceptors (Lipinski definition) is 2. The molecular weight excluding hydrogens is 561 g/mol. The Morgan fingerprint density at radius 2 is 1.02 bits per heavy atom. The van der Waals surface area contributed by atoms with E-state index in [0.717, 1.165) is 5.92 Å². The summed E-state index contributed by atoms with van der Waals surface area (Å²) < 4.78 is 0. The molecule has 0 amide bonds. The molecule has 1 aromatic carbocycles. The predicted molar refractivity (Wildman–Crippen MR) is 196 cm³/mol. The van der Waals surface area contributed by atoms with Gasteiger partial charge in [0, 0.05) is 19.5 Å². The highest BCUT2D eigenvalue weighted by Crippen LogP contribution is 2.42. The zero-order valence-corrected chi connectivity index (χ0v) is 30.4. The molecule has 42 heavy (non-hydrogen) atoms. The Morgan fingerprint density at radius 3 is 1.55 bits per heavy atom. The van der Waals surface area contributed by atoms with Crippen molar-refractivity contribution in [2.24, 2.45) is 5.92 Å². The second-order valence-corrected chi connectivity index (χ2v) is 19.8. The number of aryl methyl sites for hydroxylation is 3. The molecule has 3 heteroatoms. The van der Waals surface area contributed by atoms with Crippen LogP contribution in [0, 0.1) is 19.8 Å². The van der Waals surface area contributed by atoms with Crippen molar-refractivity contribution in [1.29, 1.82) is 0 Å². The van der Waals surface area contributed by atoms with E-state index in [2.05, 4.69) is 93.7 Å². The van der Waals surface area contributed by atoms with E-state index in [0.29, 0.717) is 0 Å². The maximum absolute atomic E-state index is 2.63. The molecule has 0 nitrogen and oxygen atoms in total. The van der Waals surface area contributed by atoms with E-state index in [1.807, 2.05) is 0 Å². The number of fused-ring (bicyclic) bond motifs is 3. The van der Waals surface area contributed by atoms with Gasteiger partial charge in [0.25, 0.3) is 0 Å². The average molecular weight is 621 g/mol. The number of benzene rings is 1. The van der Waals surface area contributed by atoms with Crippen molar-refractivity contribution in [3.8, 4) is 9.75 Å². The minimum Gasteiger partial charge on any atom is -0.140 e. The molecule has 0 spiro atoms. The highest BCUT2D eigenvalue weighted by Gasteiger charge is 2.50. The highest BCUT2D eigenvalue weighted by atomic mass is 32.1. The molecule has 0 saturated heterocycles. The average Bonchev–Trinajstić information content (AvgIpc) is 3.63. The first-order chi connectivity index (χ1) is 20.5. The lowest BCUT2D eigenvalue weighted by molar-refractivity contribution is 0.431. The molecule has 0 aliphatic carbocycles. The Balaban J connectivity index is 1.63. The quantitative estimate of drug-likeness (QED) is 0.0821. The molecule has 1 aliphatic rings. The first-order valence-corrected chi connectivity index (χ1v) is 21.7. The van der Waals surface area contributed by atoms with Crippen molar-refractivity contribution in [3.63, 3.8) is 0 Å². The second-order valence-electron chi connectivity index (χ2n) is 13.4. The first-order valence-electron chi connectivity index (χ1n) is 17.8. The molecule has 3 aromatic rings. The van der Waals surface area contributed by atoms with Crippen LogP contribution in [0.4, 0.5) is 0 Å². The summed E-state index contributed by atoms with van der Waals surface area (Å²) >= 11 is 4.15. The molecule has 2 aromatic heterocycles. The Bertz CT molecular complexity index is 1140. The van der Waals surface area contributed by atoms with Crippen molar-refractivity contribution in [2.45, 2.75) is 156 Å². The minimum absolute atomic E-state index is 0.845. The lowest BCUT2D eigenvalue weighted by Gasteiger charge is -2.34. The van der Waals surface area contributed by atoms with Crippen LogP contribution in [0.1, 0.15) is 145 Å². The molecule has 1 atom stereocenters. The zero-order valence-electron chi connectivity index (χ0n) is 27.8. The third-order valence-corrected chi connectivity index (χ3v) is 17.6. The molecule has 3 heterocycles. The first kappa shape index (κ1) is 33.7. The summed E-state index contributed by atoms with van der Waals surface area (Å²) in [6, 6.07) is 16.9. The van der Waals surface area contributed by atoms with Gasteiger partial charge >= 0.3 is 0 Å². The van der Waals surface area contributed by atoms with Gasteiger partial charge in [-0.25, -0.2) is 0 Å². The zero-order chi connectivity index (χ0) is 29.8.